The van der Waals surface area contributed by atoms with Crippen LogP contribution in [0.2, 0.25) is 0 Å². The maximum absolute atomic E-state index is 11.1. The Hall–Kier alpha value is -1.45. The standard InChI is InChI=1S/C25H30O4S3/c1-18-4-14-23(15-5-18)32(27,28)29-17-25(26)24(20-8-12-22(31-3)13-9-20)16-19-6-10-21(30-2)11-7-19/h4-15,24-28H,16-17H2,1-3H3. The van der Waals surface area contributed by atoms with Crippen LogP contribution in [0.3, 0.4) is 0 Å². The first-order valence-electron chi connectivity index (χ1n) is 10.3. The molecule has 0 fully saturated rings. The second kappa shape index (κ2) is 11.6. The fourth-order valence-electron chi connectivity index (χ4n) is 3.41. The molecule has 0 aliphatic heterocycles. The molecule has 0 saturated carbocycles. The number of aryl methyl sites for hydroxylation is 1. The minimum absolute atomic E-state index is 0.186. The molecule has 0 saturated heterocycles. The second-order valence-electron chi connectivity index (χ2n) is 7.59. The summed E-state index contributed by atoms with van der Waals surface area (Å²) in [7, 11) is -3.45. The lowest BCUT2D eigenvalue weighted by Crippen LogP contribution is -2.27. The van der Waals surface area contributed by atoms with Crippen LogP contribution < -0.4 is 0 Å². The van der Waals surface area contributed by atoms with Crippen LogP contribution in [-0.2, 0) is 10.6 Å². The van der Waals surface area contributed by atoms with Gasteiger partial charge in [-0.1, -0.05) is 42.0 Å². The number of rotatable bonds is 10. The Morgan fingerprint density at radius 3 is 1.88 bits per heavy atom. The molecule has 3 rings (SSSR count). The highest BCUT2D eigenvalue weighted by Crippen LogP contribution is 2.49. The predicted octanol–water partition coefficient (Wildman–Crippen LogP) is 6.87. The summed E-state index contributed by atoms with van der Waals surface area (Å²) in [6.45, 7) is 1.74. The Labute approximate surface area is 201 Å². The van der Waals surface area contributed by atoms with Gasteiger partial charge in [0, 0.05) is 15.7 Å². The summed E-state index contributed by atoms with van der Waals surface area (Å²) in [5.74, 6) is -0.251. The Balaban J connectivity index is 1.78. The number of benzene rings is 3. The third kappa shape index (κ3) is 6.78. The van der Waals surface area contributed by atoms with Crippen molar-refractivity contribution < 1.29 is 18.4 Å². The molecule has 0 bridgehead atoms. The van der Waals surface area contributed by atoms with Crippen molar-refractivity contribution in [2.24, 2.45) is 0 Å². The van der Waals surface area contributed by atoms with Gasteiger partial charge in [0.05, 0.1) is 17.6 Å². The van der Waals surface area contributed by atoms with E-state index in [1.807, 2.05) is 43.7 Å². The van der Waals surface area contributed by atoms with Crippen LogP contribution >= 0.6 is 34.4 Å². The predicted molar refractivity (Wildman–Crippen MR) is 137 cm³/mol. The third-order valence-corrected chi connectivity index (χ3v) is 8.19. The first kappa shape index (κ1) is 25.2. The molecule has 172 valence electrons. The van der Waals surface area contributed by atoms with Gasteiger partial charge in [-0.25, -0.2) is 0 Å². The molecule has 3 N–H and O–H groups in total. The highest BCUT2D eigenvalue weighted by atomic mass is 32.3. The van der Waals surface area contributed by atoms with Gasteiger partial charge in [-0.15, -0.1) is 23.5 Å². The normalized spacial score (nSPS) is 14.2. The number of thioether (sulfide) groups is 2. The molecule has 3 aromatic rings. The summed E-state index contributed by atoms with van der Waals surface area (Å²) in [5, 5.41) is 11.1. The molecule has 3 aromatic carbocycles. The summed E-state index contributed by atoms with van der Waals surface area (Å²) >= 11 is 3.35. The first-order valence-corrected chi connectivity index (χ1v) is 14.2. The van der Waals surface area contributed by atoms with Gasteiger partial charge in [-0.2, -0.15) is 0 Å². The van der Waals surface area contributed by atoms with E-state index in [9.17, 15) is 14.2 Å². The fraction of sp³-hybridized carbons (Fsp3) is 0.280. The average molecular weight is 491 g/mol. The smallest absolute Gasteiger partial charge is 0.115 e. The van der Waals surface area contributed by atoms with Gasteiger partial charge < -0.3 is 14.2 Å². The molecular weight excluding hydrogens is 460 g/mol. The van der Waals surface area contributed by atoms with Crippen LogP contribution in [0.15, 0.2) is 87.5 Å². The fourth-order valence-corrected chi connectivity index (χ4v) is 5.18. The Bertz CT molecular complexity index is 974. The quantitative estimate of drug-likeness (QED) is 0.270. The topological polar surface area (TPSA) is 69.9 Å². The Morgan fingerprint density at radius 2 is 1.34 bits per heavy atom. The Kier molecular flexibility index (Phi) is 9.13. The minimum Gasteiger partial charge on any atom is -0.390 e. The largest absolute Gasteiger partial charge is 0.390 e. The summed E-state index contributed by atoms with van der Waals surface area (Å²) in [6.07, 6.45) is 3.77. The molecule has 4 nitrogen and oxygen atoms in total. The monoisotopic (exact) mass is 490 g/mol. The first-order chi connectivity index (χ1) is 15.3. The lowest BCUT2D eigenvalue weighted by Gasteiger charge is -2.30. The average Bonchev–Trinajstić information content (AvgIpc) is 2.82. The van der Waals surface area contributed by atoms with Crippen molar-refractivity contribution in [3.63, 3.8) is 0 Å². The summed E-state index contributed by atoms with van der Waals surface area (Å²) in [5.41, 5.74) is 3.11. The zero-order valence-electron chi connectivity index (χ0n) is 18.5. The van der Waals surface area contributed by atoms with Crippen molar-refractivity contribution in [2.75, 3.05) is 19.1 Å². The van der Waals surface area contributed by atoms with Gasteiger partial charge >= 0.3 is 0 Å². The van der Waals surface area contributed by atoms with E-state index in [1.54, 1.807) is 47.8 Å². The van der Waals surface area contributed by atoms with Crippen molar-refractivity contribution in [3.05, 3.63) is 89.5 Å². The highest BCUT2D eigenvalue weighted by Gasteiger charge is 2.27. The van der Waals surface area contributed by atoms with Crippen molar-refractivity contribution in [3.8, 4) is 0 Å². The Morgan fingerprint density at radius 1 is 0.812 bits per heavy atom. The van der Waals surface area contributed by atoms with E-state index < -0.39 is 17.0 Å². The number of hydrogen-bond acceptors (Lipinski definition) is 6. The van der Waals surface area contributed by atoms with E-state index in [-0.39, 0.29) is 12.5 Å². The minimum atomic E-state index is -3.45. The SMILES string of the molecule is CSc1ccc(CC(c2ccc(SC)cc2)C(O)COS(O)(O)c2ccc(C)cc2)cc1. The van der Waals surface area contributed by atoms with Crippen LogP contribution in [0.5, 0.6) is 0 Å². The molecule has 0 aliphatic rings. The van der Waals surface area contributed by atoms with Gasteiger partial charge in [0.1, 0.15) is 10.9 Å². The highest BCUT2D eigenvalue weighted by molar-refractivity contribution is 8.20. The lowest BCUT2D eigenvalue weighted by molar-refractivity contribution is 0.0787. The van der Waals surface area contributed by atoms with Crippen LogP contribution in [0.25, 0.3) is 0 Å². The van der Waals surface area contributed by atoms with Crippen LogP contribution in [0, 0.1) is 6.92 Å². The molecule has 0 aromatic heterocycles. The molecule has 0 amide bonds. The van der Waals surface area contributed by atoms with E-state index >= 15 is 0 Å². The molecule has 2 unspecified atom stereocenters. The third-order valence-electron chi connectivity index (χ3n) is 5.35. The zero-order chi connectivity index (χ0) is 23.1. The van der Waals surface area contributed by atoms with E-state index in [0.29, 0.717) is 11.3 Å². The summed E-state index contributed by atoms with van der Waals surface area (Å²) in [6, 6.07) is 23.3. The maximum Gasteiger partial charge on any atom is 0.115 e. The number of aliphatic hydroxyl groups excluding tert-OH is 1. The van der Waals surface area contributed by atoms with E-state index in [4.69, 9.17) is 4.18 Å². The van der Waals surface area contributed by atoms with Gasteiger partial charge in [0.15, 0.2) is 0 Å². The molecule has 2 atom stereocenters. The molecule has 0 heterocycles. The molecule has 0 spiro atoms. The molecule has 32 heavy (non-hydrogen) atoms. The van der Waals surface area contributed by atoms with E-state index in [0.717, 1.165) is 21.6 Å². The molecular formula is C25H30O4S3. The van der Waals surface area contributed by atoms with Crippen molar-refractivity contribution >= 4 is 34.4 Å². The van der Waals surface area contributed by atoms with Crippen LogP contribution in [0.4, 0.5) is 0 Å². The molecule has 0 radical (unpaired) electrons. The van der Waals surface area contributed by atoms with Gasteiger partial charge in [0.2, 0.25) is 0 Å². The van der Waals surface area contributed by atoms with Gasteiger partial charge in [0.25, 0.3) is 0 Å². The van der Waals surface area contributed by atoms with Crippen molar-refractivity contribution in [1.29, 1.82) is 0 Å². The van der Waals surface area contributed by atoms with E-state index in [2.05, 4.69) is 24.3 Å². The maximum atomic E-state index is 11.1. The van der Waals surface area contributed by atoms with Gasteiger partial charge in [-0.05, 0) is 73.4 Å². The van der Waals surface area contributed by atoms with Crippen molar-refractivity contribution in [1.82, 2.24) is 0 Å². The van der Waals surface area contributed by atoms with Crippen LogP contribution in [0.1, 0.15) is 22.6 Å². The molecule has 0 aliphatic carbocycles. The number of hydrogen-bond donors (Lipinski definition) is 3. The molecule has 7 heteroatoms. The second-order valence-corrected chi connectivity index (χ2v) is 11.1. The zero-order valence-corrected chi connectivity index (χ0v) is 20.9. The number of aliphatic hydroxyl groups is 1. The van der Waals surface area contributed by atoms with Gasteiger partial charge in [-0.3, -0.25) is 4.18 Å². The summed E-state index contributed by atoms with van der Waals surface area (Å²) in [4.78, 5) is 2.64. The summed E-state index contributed by atoms with van der Waals surface area (Å²) < 4.78 is 26.5. The van der Waals surface area contributed by atoms with Crippen molar-refractivity contribution in [2.45, 2.75) is 40.1 Å². The lowest BCUT2D eigenvalue weighted by atomic mass is 9.87. The van der Waals surface area contributed by atoms with Crippen LogP contribution in [-0.4, -0.2) is 39.4 Å². The van der Waals surface area contributed by atoms with E-state index in [1.165, 1.54) is 4.90 Å².